The van der Waals surface area contributed by atoms with Crippen molar-refractivity contribution < 1.29 is 19.1 Å². The first-order valence-electron chi connectivity index (χ1n) is 9.44. The largest absolute Gasteiger partial charge is 0.395 e. The number of benzene rings is 1. The highest BCUT2D eigenvalue weighted by atomic mass is 19.1. The Hall–Kier alpha value is -2.03. The molecule has 148 valence electrons. The van der Waals surface area contributed by atoms with Gasteiger partial charge in [0.05, 0.1) is 19.1 Å². The van der Waals surface area contributed by atoms with E-state index in [1.807, 2.05) is 4.90 Å². The van der Waals surface area contributed by atoms with Gasteiger partial charge in [-0.05, 0) is 6.07 Å². The van der Waals surface area contributed by atoms with Crippen LogP contribution in [0.1, 0.15) is 12.0 Å². The van der Waals surface area contributed by atoms with Gasteiger partial charge in [-0.3, -0.25) is 19.4 Å². The Bertz CT molecular complexity index is 664. The van der Waals surface area contributed by atoms with Crippen LogP contribution in [0, 0.1) is 5.82 Å². The highest BCUT2D eigenvalue weighted by Crippen LogP contribution is 2.17. The standard InChI is InChI=1S/C19H27FN4O3/c20-16-4-2-1-3-15(16)14-24-6-5-21-19(27)17(24)13-18(26)23-9-7-22(8-10-23)11-12-25/h1-4,17,25H,5-14H2,(H,21,27)/t17-/m1/s1. The summed E-state index contributed by atoms with van der Waals surface area (Å²) in [6.45, 7) is 4.76. The van der Waals surface area contributed by atoms with E-state index in [9.17, 15) is 14.0 Å². The number of hydrogen-bond acceptors (Lipinski definition) is 5. The van der Waals surface area contributed by atoms with E-state index in [1.54, 1.807) is 23.1 Å². The lowest BCUT2D eigenvalue weighted by Crippen LogP contribution is -2.57. The van der Waals surface area contributed by atoms with Crippen molar-refractivity contribution in [2.45, 2.75) is 19.0 Å². The van der Waals surface area contributed by atoms with Crippen LogP contribution in [0.4, 0.5) is 4.39 Å². The molecule has 2 saturated heterocycles. The van der Waals surface area contributed by atoms with Gasteiger partial charge in [-0.15, -0.1) is 0 Å². The van der Waals surface area contributed by atoms with Crippen molar-refractivity contribution >= 4 is 11.8 Å². The molecule has 1 aromatic carbocycles. The van der Waals surface area contributed by atoms with Crippen molar-refractivity contribution in [1.82, 2.24) is 20.0 Å². The zero-order valence-corrected chi connectivity index (χ0v) is 15.4. The third kappa shape index (κ3) is 5.03. The number of β-amino-alcohol motifs (C(OH)–C–C–N with tert-alkyl or cyclic N) is 1. The molecule has 0 unspecified atom stereocenters. The van der Waals surface area contributed by atoms with Crippen LogP contribution < -0.4 is 5.32 Å². The Morgan fingerprint density at radius 1 is 1.19 bits per heavy atom. The van der Waals surface area contributed by atoms with Crippen LogP contribution in [0.15, 0.2) is 24.3 Å². The smallest absolute Gasteiger partial charge is 0.237 e. The van der Waals surface area contributed by atoms with E-state index < -0.39 is 6.04 Å². The van der Waals surface area contributed by atoms with E-state index in [4.69, 9.17) is 5.11 Å². The molecule has 0 aromatic heterocycles. The average molecular weight is 378 g/mol. The average Bonchev–Trinajstić information content (AvgIpc) is 2.67. The monoisotopic (exact) mass is 378 g/mol. The summed E-state index contributed by atoms with van der Waals surface area (Å²) in [4.78, 5) is 30.9. The van der Waals surface area contributed by atoms with Crippen molar-refractivity contribution in [2.24, 2.45) is 0 Å². The molecule has 2 aliphatic rings. The molecule has 2 heterocycles. The van der Waals surface area contributed by atoms with Gasteiger partial charge >= 0.3 is 0 Å². The SMILES string of the molecule is O=C1NCCN(Cc2ccccc2F)[C@@H]1CC(=O)N1CCN(CCO)CC1. The topological polar surface area (TPSA) is 76.1 Å². The number of hydrogen-bond donors (Lipinski definition) is 2. The van der Waals surface area contributed by atoms with Gasteiger partial charge in [0.1, 0.15) is 5.82 Å². The Labute approximate surface area is 158 Å². The van der Waals surface area contributed by atoms with E-state index in [1.165, 1.54) is 6.07 Å². The molecule has 2 fully saturated rings. The van der Waals surface area contributed by atoms with Crippen molar-refractivity contribution in [2.75, 3.05) is 52.4 Å². The van der Waals surface area contributed by atoms with Gasteiger partial charge in [0.15, 0.2) is 0 Å². The predicted molar refractivity (Wildman–Crippen MR) is 98.3 cm³/mol. The third-order valence-corrected chi connectivity index (χ3v) is 5.28. The number of carbonyl (C=O) groups excluding carboxylic acids is 2. The molecular formula is C19H27FN4O3. The fraction of sp³-hybridized carbons (Fsp3) is 0.579. The van der Waals surface area contributed by atoms with E-state index in [-0.39, 0.29) is 30.7 Å². The van der Waals surface area contributed by atoms with Gasteiger partial charge in [-0.25, -0.2) is 4.39 Å². The summed E-state index contributed by atoms with van der Waals surface area (Å²) in [7, 11) is 0. The molecule has 2 aliphatic heterocycles. The highest BCUT2D eigenvalue weighted by molar-refractivity contribution is 5.88. The number of carbonyl (C=O) groups is 2. The fourth-order valence-corrected chi connectivity index (χ4v) is 3.68. The molecule has 1 atom stereocenters. The fourth-order valence-electron chi connectivity index (χ4n) is 3.68. The van der Waals surface area contributed by atoms with Crippen molar-refractivity contribution in [1.29, 1.82) is 0 Å². The number of amides is 2. The molecule has 7 nitrogen and oxygen atoms in total. The zero-order chi connectivity index (χ0) is 19.2. The molecule has 0 saturated carbocycles. The lowest BCUT2D eigenvalue weighted by Gasteiger charge is -2.38. The Morgan fingerprint density at radius 3 is 2.63 bits per heavy atom. The number of nitrogens with one attached hydrogen (secondary N) is 1. The summed E-state index contributed by atoms with van der Waals surface area (Å²) in [6, 6.07) is 5.95. The maximum absolute atomic E-state index is 14.0. The molecule has 2 amide bonds. The number of halogens is 1. The van der Waals surface area contributed by atoms with Crippen LogP contribution in [0.5, 0.6) is 0 Å². The van der Waals surface area contributed by atoms with Crippen molar-refractivity contribution in [3.05, 3.63) is 35.6 Å². The molecular weight excluding hydrogens is 351 g/mol. The second-order valence-electron chi connectivity index (χ2n) is 7.02. The number of aliphatic hydroxyl groups is 1. The van der Waals surface area contributed by atoms with E-state index in [0.29, 0.717) is 44.8 Å². The first kappa shape index (κ1) is 19.7. The van der Waals surface area contributed by atoms with Gasteiger partial charge in [-0.2, -0.15) is 0 Å². The summed E-state index contributed by atoms with van der Waals surface area (Å²) in [5, 5.41) is 11.8. The number of nitrogens with zero attached hydrogens (tertiary/aromatic N) is 3. The van der Waals surface area contributed by atoms with Crippen molar-refractivity contribution in [3.63, 3.8) is 0 Å². The van der Waals surface area contributed by atoms with Gasteiger partial charge < -0.3 is 15.3 Å². The predicted octanol–water partition coefficient (Wildman–Crippen LogP) is -0.347. The molecule has 3 rings (SSSR count). The Morgan fingerprint density at radius 2 is 1.93 bits per heavy atom. The molecule has 0 radical (unpaired) electrons. The van der Waals surface area contributed by atoms with Crippen LogP contribution in [0.2, 0.25) is 0 Å². The quantitative estimate of drug-likeness (QED) is 0.708. The number of aliphatic hydroxyl groups excluding tert-OH is 1. The summed E-state index contributed by atoms with van der Waals surface area (Å²) >= 11 is 0. The van der Waals surface area contributed by atoms with Crippen molar-refractivity contribution in [3.8, 4) is 0 Å². The molecule has 0 aliphatic carbocycles. The lowest BCUT2D eigenvalue weighted by atomic mass is 10.1. The summed E-state index contributed by atoms with van der Waals surface area (Å²) < 4.78 is 14.0. The Balaban J connectivity index is 1.61. The minimum atomic E-state index is -0.582. The van der Waals surface area contributed by atoms with E-state index in [0.717, 1.165) is 13.1 Å². The summed E-state index contributed by atoms with van der Waals surface area (Å²) in [5.74, 6) is -0.530. The molecule has 8 heteroatoms. The minimum Gasteiger partial charge on any atom is -0.395 e. The van der Waals surface area contributed by atoms with Crippen LogP contribution >= 0.6 is 0 Å². The van der Waals surface area contributed by atoms with Crippen LogP contribution in [-0.2, 0) is 16.1 Å². The zero-order valence-electron chi connectivity index (χ0n) is 15.4. The van der Waals surface area contributed by atoms with Gasteiger partial charge in [0.2, 0.25) is 11.8 Å². The second-order valence-corrected chi connectivity index (χ2v) is 7.02. The number of piperazine rings is 2. The Kier molecular flexibility index (Phi) is 6.76. The second kappa shape index (κ2) is 9.25. The lowest BCUT2D eigenvalue weighted by molar-refractivity contribution is -0.140. The minimum absolute atomic E-state index is 0.0563. The summed E-state index contributed by atoms with van der Waals surface area (Å²) in [5.41, 5.74) is 0.530. The van der Waals surface area contributed by atoms with Crippen LogP contribution in [0.3, 0.4) is 0 Å². The molecule has 27 heavy (non-hydrogen) atoms. The third-order valence-electron chi connectivity index (χ3n) is 5.28. The first-order chi connectivity index (χ1) is 13.1. The van der Waals surface area contributed by atoms with Crippen LogP contribution in [-0.4, -0.2) is 90.1 Å². The van der Waals surface area contributed by atoms with Gasteiger partial charge in [0.25, 0.3) is 0 Å². The molecule has 0 bridgehead atoms. The van der Waals surface area contributed by atoms with Gasteiger partial charge in [-0.1, -0.05) is 18.2 Å². The maximum atomic E-state index is 14.0. The molecule has 0 spiro atoms. The maximum Gasteiger partial charge on any atom is 0.237 e. The number of rotatable bonds is 6. The van der Waals surface area contributed by atoms with Crippen LogP contribution in [0.25, 0.3) is 0 Å². The normalized spacial score (nSPS) is 21.9. The van der Waals surface area contributed by atoms with E-state index in [2.05, 4.69) is 10.2 Å². The molecule has 1 aromatic rings. The summed E-state index contributed by atoms with van der Waals surface area (Å²) in [6.07, 6.45) is 0.0975. The highest BCUT2D eigenvalue weighted by Gasteiger charge is 2.33. The van der Waals surface area contributed by atoms with Gasteiger partial charge in [0, 0.05) is 57.9 Å². The van der Waals surface area contributed by atoms with E-state index >= 15 is 0 Å². The first-order valence-corrected chi connectivity index (χ1v) is 9.44. The molecule has 2 N–H and O–H groups in total.